The van der Waals surface area contributed by atoms with E-state index < -0.39 is 0 Å². The highest BCUT2D eigenvalue weighted by Gasteiger charge is 2.29. The first-order chi connectivity index (χ1) is 13.1. The smallest absolute Gasteiger partial charge is 0.255 e. The number of carbonyl (C=O) groups excluding carboxylic acids is 2. The van der Waals surface area contributed by atoms with E-state index in [2.05, 4.69) is 9.97 Å². The van der Waals surface area contributed by atoms with Gasteiger partial charge >= 0.3 is 0 Å². The minimum Gasteiger partial charge on any atom is -0.345 e. The molecule has 6 heteroatoms. The summed E-state index contributed by atoms with van der Waals surface area (Å²) in [6.45, 7) is 3.05. The molecule has 0 spiro atoms. The second-order valence-corrected chi connectivity index (χ2v) is 6.59. The number of rotatable bonds is 3. The van der Waals surface area contributed by atoms with Gasteiger partial charge in [-0.25, -0.2) is 4.98 Å². The van der Waals surface area contributed by atoms with Crippen LogP contribution in [-0.2, 0) is 4.79 Å². The van der Waals surface area contributed by atoms with Gasteiger partial charge in [0.1, 0.15) is 12.4 Å². The largest absolute Gasteiger partial charge is 0.345 e. The number of amides is 2. The highest BCUT2D eigenvalue weighted by molar-refractivity contribution is 6.04. The SMILES string of the molecule is Cc1ccc(N2CCN(C(=O)c3ccccc3-c3ncc[nH]3)CC2=O)cc1. The minimum atomic E-state index is -0.154. The second-order valence-electron chi connectivity index (χ2n) is 6.59. The predicted octanol–water partition coefficient (Wildman–Crippen LogP) is 2.87. The summed E-state index contributed by atoms with van der Waals surface area (Å²) < 4.78 is 0. The molecular formula is C21H20N4O2. The molecule has 136 valence electrons. The van der Waals surface area contributed by atoms with Crippen LogP contribution in [0.1, 0.15) is 15.9 Å². The molecule has 6 nitrogen and oxygen atoms in total. The zero-order chi connectivity index (χ0) is 18.8. The Morgan fingerprint density at radius 2 is 1.85 bits per heavy atom. The summed E-state index contributed by atoms with van der Waals surface area (Å²) in [5, 5.41) is 0. The predicted molar refractivity (Wildman–Crippen MR) is 103 cm³/mol. The molecule has 1 fully saturated rings. The molecule has 4 rings (SSSR count). The lowest BCUT2D eigenvalue weighted by Crippen LogP contribution is -2.52. The van der Waals surface area contributed by atoms with Crippen molar-refractivity contribution in [2.75, 3.05) is 24.5 Å². The van der Waals surface area contributed by atoms with Gasteiger partial charge in [0.05, 0.1) is 5.56 Å². The van der Waals surface area contributed by atoms with Crippen molar-refractivity contribution in [1.82, 2.24) is 14.9 Å². The number of hydrogen-bond acceptors (Lipinski definition) is 3. The Balaban J connectivity index is 1.54. The van der Waals surface area contributed by atoms with E-state index in [-0.39, 0.29) is 18.4 Å². The van der Waals surface area contributed by atoms with E-state index in [1.54, 1.807) is 28.3 Å². The normalized spacial score (nSPS) is 14.5. The van der Waals surface area contributed by atoms with Crippen molar-refractivity contribution < 1.29 is 9.59 Å². The minimum absolute atomic E-state index is 0.0686. The van der Waals surface area contributed by atoms with Crippen LogP contribution >= 0.6 is 0 Å². The zero-order valence-electron chi connectivity index (χ0n) is 15.1. The first-order valence-corrected chi connectivity index (χ1v) is 8.88. The van der Waals surface area contributed by atoms with Crippen LogP contribution in [0.2, 0.25) is 0 Å². The van der Waals surface area contributed by atoms with Gasteiger partial charge in [0.15, 0.2) is 0 Å². The van der Waals surface area contributed by atoms with E-state index in [4.69, 9.17) is 0 Å². The van der Waals surface area contributed by atoms with E-state index in [0.717, 1.165) is 16.8 Å². The van der Waals surface area contributed by atoms with E-state index in [9.17, 15) is 9.59 Å². The first-order valence-electron chi connectivity index (χ1n) is 8.88. The molecule has 0 unspecified atom stereocenters. The summed E-state index contributed by atoms with van der Waals surface area (Å²) in [7, 11) is 0. The van der Waals surface area contributed by atoms with Gasteiger partial charge in [0, 0.05) is 36.7 Å². The number of hydrogen-bond donors (Lipinski definition) is 1. The van der Waals surface area contributed by atoms with Gasteiger partial charge in [-0.15, -0.1) is 0 Å². The van der Waals surface area contributed by atoms with E-state index in [0.29, 0.717) is 24.5 Å². The number of imidazole rings is 1. The Morgan fingerprint density at radius 3 is 2.56 bits per heavy atom. The highest BCUT2D eigenvalue weighted by Crippen LogP contribution is 2.23. The average molecular weight is 360 g/mol. The van der Waals surface area contributed by atoms with Crippen LogP contribution in [-0.4, -0.2) is 46.3 Å². The molecule has 1 saturated heterocycles. The lowest BCUT2D eigenvalue weighted by molar-refractivity contribution is -0.120. The molecule has 1 aliphatic heterocycles. The van der Waals surface area contributed by atoms with E-state index >= 15 is 0 Å². The Hall–Kier alpha value is -3.41. The maximum Gasteiger partial charge on any atom is 0.255 e. The average Bonchev–Trinajstić information content (AvgIpc) is 3.23. The summed E-state index contributed by atoms with van der Waals surface area (Å²) in [6, 6.07) is 15.2. The maximum absolute atomic E-state index is 13.1. The number of benzene rings is 2. The van der Waals surface area contributed by atoms with Crippen molar-refractivity contribution in [1.29, 1.82) is 0 Å². The fourth-order valence-corrected chi connectivity index (χ4v) is 3.30. The lowest BCUT2D eigenvalue weighted by atomic mass is 10.1. The number of aryl methyl sites for hydroxylation is 1. The van der Waals surface area contributed by atoms with Crippen LogP contribution in [0, 0.1) is 6.92 Å². The van der Waals surface area contributed by atoms with Crippen LogP contribution in [0.25, 0.3) is 11.4 Å². The Labute approximate surface area is 157 Å². The molecule has 0 atom stereocenters. The van der Waals surface area contributed by atoms with Crippen LogP contribution in [0.5, 0.6) is 0 Å². The molecule has 2 aromatic carbocycles. The molecule has 2 amide bonds. The number of aromatic nitrogens is 2. The summed E-state index contributed by atoms with van der Waals surface area (Å²) in [5.74, 6) is 0.413. The lowest BCUT2D eigenvalue weighted by Gasteiger charge is -2.34. The molecule has 27 heavy (non-hydrogen) atoms. The number of nitrogens with zero attached hydrogens (tertiary/aromatic N) is 3. The van der Waals surface area contributed by atoms with Crippen molar-refractivity contribution in [3.8, 4) is 11.4 Å². The summed E-state index contributed by atoms with van der Waals surface area (Å²) in [6.07, 6.45) is 3.38. The molecule has 3 aromatic rings. The zero-order valence-corrected chi connectivity index (χ0v) is 15.1. The molecule has 2 heterocycles. The summed E-state index contributed by atoms with van der Waals surface area (Å²) >= 11 is 0. The third-order valence-corrected chi connectivity index (χ3v) is 4.76. The van der Waals surface area contributed by atoms with Crippen molar-refractivity contribution in [2.24, 2.45) is 0 Å². The first kappa shape index (κ1) is 17.0. The van der Waals surface area contributed by atoms with Crippen LogP contribution in [0.4, 0.5) is 5.69 Å². The van der Waals surface area contributed by atoms with Gasteiger partial charge in [-0.05, 0) is 25.1 Å². The van der Waals surface area contributed by atoms with Gasteiger partial charge in [-0.2, -0.15) is 0 Å². The fourth-order valence-electron chi connectivity index (χ4n) is 3.30. The van der Waals surface area contributed by atoms with Gasteiger partial charge < -0.3 is 14.8 Å². The Bertz CT molecular complexity index is 964. The van der Waals surface area contributed by atoms with Gasteiger partial charge in [-0.1, -0.05) is 35.9 Å². The monoisotopic (exact) mass is 360 g/mol. The van der Waals surface area contributed by atoms with Gasteiger partial charge in [0.25, 0.3) is 5.91 Å². The Kier molecular flexibility index (Phi) is 4.46. The van der Waals surface area contributed by atoms with Crippen molar-refractivity contribution >= 4 is 17.5 Å². The standard InChI is InChI=1S/C21H20N4O2/c1-15-6-8-16(9-7-15)25-13-12-24(14-19(25)26)21(27)18-5-3-2-4-17(18)20-22-10-11-23-20/h2-11H,12-14H2,1H3,(H,22,23). The number of H-pyrrole nitrogens is 1. The highest BCUT2D eigenvalue weighted by atomic mass is 16.2. The third kappa shape index (κ3) is 3.33. The fraction of sp³-hybridized carbons (Fsp3) is 0.190. The van der Waals surface area contributed by atoms with Crippen molar-refractivity contribution in [3.05, 3.63) is 72.1 Å². The van der Waals surface area contributed by atoms with E-state index in [1.165, 1.54) is 0 Å². The molecule has 0 radical (unpaired) electrons. The topological polar surface area (TPSA) is 69.3 Å². The third-order valence-electron chi connectivity index (χ3n) is 4.76. The van der Waals surface area contributed by atoms with Crippen LogP contribution in [0.15, 0.2) is 60.9 Å². The second kappa shape index (κ2) is 7.07. The van der Waals surface area contributed by atoms with Crippen LogP contribution < -0.4 is 4.90 Å². The molecular weight excluding hydrogens is 340 g/mol. The number of aromatic amines is 1. The van der Waals surface area contributed by atoms with Gasteiger partial charge in [-0.3, -0.25) is 9.59 Å². The molecule has 0 saturated carbocycles. The quantitative estimate of drug-likeness (QED) is 0.781. The number of nitrogens with one attached hydrogen (secondary N) is 1. The molecule has 1 aromatic heterocycles. The summed E-state index contributed by atoms with van der Waals surface area (Å²) in [5.41, 5.74) is 3.30. The number of anilines is 1. The molecule has 0 bridgehead atoms. The Morgan fingerprint density at radius 1 is 1.07 bits per heavy atom. The summed E-state index contributed by atoms with van der Waals surface area (Å²) in [4.78, 5) is 36.3. The number of carbonyl (C=O) groups is 2. The van der Waals surface area contributed by atoms with Crippen molar-refractivity contribution in [2.45, 2.75) is 6.92 Å². The van der Waals surface area contributed by atoms with Crippen molar-refractivity contribution in [3.63, 3.8) is 0 Å². The van der Waals surface area contributed by atoms with Crippen LogP contribution in [0.3, 0.4) is 0 Å². The molecule has 0 aliphatic carbocycles. The molecule has 1 N–H and O–H groups in total. The number of piperazine rings is 1. The molecule has 1 aliphatic rings. The maximum atomic E-state index is 13.1. The van der Waals surface area contributed by atoms with Gasteiger partial charge in [0.2, 0.25) is 5.91 Å². The van der Waals surface area contributed by atoms with E-state index in [1.807, 2.05) is 49.4 Å².